The Morgan fingerprint density at radius 2 is 1.89 bits per heavy atom. The van der Waals surface area contributed by atoms with E-state index in [0.717, 1.165) is 0 Å². The number of aliphatic hydroxyl groups excluding tert-OH is 2. The van der Waals surface area contributed by atoms with E-state index in [1.54, 1.807) is 0 Å². The summed E-state index contributed by atoms with van der Waals surface area (Å²) in [7, 11) is 0. The summed E-state index contributed by atoms with van der Waals surface area (Å²) in [6.45, 7) is 11.8. The van der Waals surface area contributed by atoms with Crippen LogP contribution in [0.5, 0.6) is 11.5 Å². The predicted molar refractivity (Wildman–Crippen MR) is 134 cm³/mol. The van der Waals surface area contributed by atoms with Gasteiger partial charge in [-0.05, 0) is 48.1 Å². The first-order valence-electron chi connectivity index (χ1n) is 13.2. The maximum atomic E-state index is 13.6. The number of Topliss-reactive ketones (excluding diaryl/α,β-unsaturated/α-hetero) is 1. The molecular weight excluding hydrogens is 464 g/mol. The second-order valence-corrected chi connectivity index (χ2v) is 11.2. The number of aldehydes is 1. The molecule has 2 aliphatic rings. The smallest absolute Gasteiger partial charge is 0.189 e. The van der Waals surface area contributed by atoms with E-state index in [1.165, 1.54) is 6.07 Å². The number of rotatable bonds is 11. The van der Waals surface area contributed by atoms with Gasteiger partial charge < -0.3 is 29.9 Å². The summed E-state index contributed by atoms with van der Waals surface area (Å²) in [5, 5.41) is 42.8. The van der Waals surface area contributed by atoms with Crippen molar-refractivity contribution >= 4 is 12.1 Å². The SMILES string of the molecule is CCC(C1C[C@@H](O)[C@@]2(O[C@H]2CC)C(O)O1)C(C)(CC)CC(=O)c1cc(CC(C)C)c(O)c(C=O)c1O. The number of aromatic hydroxyl groups is 2. The molecule has 8 nitrogen and oxygen atoms in total. The molecule has 0 amide bonds. The van der Waals surface area contributed by atoms with E-state index in [4.69, 9.17) is 9.47 Å². The lowest BCUT2D eigenvalue weighted by Crippen LogP contribution is -2.56. The number of carbonyl (C=O) groups excluding carboxylic acids is 2. The summed E-state index contributed by atoms with van der Waals surface area (Å²) in [6.07, 6.45) is 0.230. The van der Waals surface area contributed by atoms with Gasteiger partial charge in [-0.25, -0.2) is 0 Å². The molecule has 0 radical (unpaired) electrons. The van der Waals surface area contributed by atoms with Gasteiger partial charge in [0.2, 0.25) is 0 Å². The molecule has 202 valence electrons. The highest BCUT2D eigenvalue weighted by molar-refractivity contribution is 6.02. The summed E-state index contributed by atoms with van der Waals surface area (Å²) in [6, 6.07) is 1.49. The van der Waals surface area contributed by atoms with Crippen molar-refractivity contribution in [3.8, 4) is 11.5 Å². The van der Waals surface area contributed by atoms with Gasteiger partial charge >= 0.3 is 0 Å². The van der Waals surface area contributed by atoms with Crippen LogP contribution < -0.4 is 0 Å². The lowest BCUT2D eigenvalue weighted by molar-refractivity contribution is -0.250. The number of ether oxygens (including phenoxy) is 2. The van der Waals surface area contributed by atoms with Crippen LogP contribution in [0.3, 0.4) is 0 Å². The number of benzene rings is 1. The zero-order chi connectivity index (χ0) is 27.0. The fourth-order valence-corrected chi connectivity index (χ4v) is 6.13. The van der Waals surface area contributed by atoms with Crippen LogP contribution in [-0.4, -0.2) is 62.7 Å². The van der Waals surface area contributed by atoms with Crippen LogP contribution in [0, 0.1) is 17.3 Å². The molecule has 0 aromatic heterocycles. The molecule has 2 saturated heterocycles. The van der Waals surface area contributed by atoms with Crippen LogP contribution in [0.25, 0.3) is 0 Å². The summed E-state index contributed by atoms with van der Waals surface area (Å²) in [5.74, 6) is -1.15. The molecule has 3 rings (SSSR count). The Hall–Kier alpha value is -2.00. The topological polar surface area (TPSA) is 137 Å². The summed E-state index contributed by atoms with van der Waals surface area (Å²) < 4.78 is 11.7. The predicted octanol–water partition coefficient (Wildman–Crippen LogP) is 4.14. The molecule has 1 aromatic rings. The Morgan fingerprint density at radius 1 is 1.22 bits per heavy atom. The Bertz CT molecular complexity index is 961. The largest absolute Gasteiger partial charge is 0.507 e. The van der Waals surface area contributed by atoms with Gasteiger partial charge in [-0.15, -0.1) is 0 Å². The van der Waals surface area contributed by atoms with E-state index in [-0.39, 0.29) is 53.4 Å². The molecular formula is C28H42O8. The molecule has 8 heteroatoms. The van der Waals surface area contributed by atoms with Crippen LogP contribution in [0.2, 0.25) is 0 Å². The Kier molecular flexibility index (Phi) is 8.55. The fourth-order valence-electron chi connectivity index (χ4n) is 6.13. The fraction of sp³-hybridized carbons (Fsp3) is 0.714. The molecule has 1 spiro atoms. The van der Waals surface area contributed by atoms with Crippen LogP contribution in [0.1, 0.15) is 99.9 Å². The monoisotopic (exact) mass is 506 g/mol. The van der Waals surface area contributed by atoms with Gasteiger partial charge in [0.05, 0.1) is 29.4 Å². The van der Waals surface area contributed by atoms with Crippen molar-refractivity contribution in [3.63, 3.8) is 0 Å². The summed E-state index contributed by atoms with van der Waals surface area (Å²) in [5.41, 5.74) is -1.47. The lowest BCUT2D eigenvalue weighted by Gasteiger charge is -2.46. The molecule has 2 fully saturated rings. The van der Waals surface area contributed by atoms with Gasteiger partial charge in [0, 0.05) is 12.8 Å². The first-order chi connectivity index (χ1) is 16.9. The average molecular weight is 507 g/mol. The number of phenols is 2. The molecule has 1 aromatic carbocycles. The molecule has 0 bridgehead atoms. The van der Waals surface area contributed by atoms with Gasteiger partial charge in [-0.1, -0.05) is 48.0 Å². The van der Waals surface area contributed by atoms with E-state index < -0.39 is 35.3 Å². The highest BCUT2D eigenvalue weighted by Gasteiger charge is 2.68. The first-order valence-corrected chi connectivity index (χ1v) is 13.2. The van der Waals surface area contributed by atoms with Crippen molar-refractivity contribution < 1.29 is 39.5 Å². The molecule has 2 aliphatic heterocycles. The highest BCUT2D eigenvalue weighted by Crippen LogP contribution is 2.52. The van der Waals surface area contributed by atoms with E-state index in [9.17, 15) is 30.0 Å². The summed E-state index contributed by atoms with van der Waals surface area (Å²) >= 11 is 0. The number of carbonyl (C=O) groups is 2. The quantitative estimate of drug-likeness (QED) is 0.200. The molecule has 7 atom stereocenters. The average Bonchev–Trinajstić information content (AvgIpc) is 3.56. The van der Waals surface area contributed by atoms with Crippen molar-refractivity contribution in [1.29, 1.82) is 0 Å². The number of hydrogen-bond donors (Lipinski definition) is 4. The van der Waals surface area contributed by atoms with Crippen molar-refractivity contribution in [3.05, 3.63) is 22.8 Å². The van der Waals surface area contributed by atoms with Gasteiger partial charge in [-0.3, -0.25) is 9.59 Å². The Labute approximate surface area is 213 Å². The third-order valence-corrected chi connectivity index (χ3v) is 8.42. The van der Waals surface area contributed by atoms with Crippen LogP contribution >= 0.6 is 0 Å². The third-order valence-electron chi connectivity index (χ3n) is 8.42. The molecule has 4 unspecified atom stereocenters. The second-order valence-electron chi connectivity index (χ2n) is 11.2. The highest BCUT2D eigenvalue weighted by atomic mass is 16.7. The molecule has 4 N–H and O–H groups in total. The normalized spacial score (nSPS) is 30.2. The number of phenolic OH excluding ortho intramolecular Hbond substituents is 2. The standard InChI is InChI=1S/C28H42O8/c1-7-19(21-12-22(31)28(26(34)35-21)23(8-2)36-28)27(6,9-3)13-20(30)17-11-16(10-15(4)5)24(32)18(14-29)25(17)33/h11,14-15,19,21-23,26,31-34H,7-10,12-13H2,1-6H3/t19?,21?,22-,23+,26?,27?,28+/m1/s1. The van der Waals surface area contributed by atoms with E-state index in [2.05, 4.69) is 0 Å². The van der Waals surface area contributed by atoms with Gasteiger partial charge in [0.25, 0.3) is 0 Å². The van der Waals surface area contributed by atoms with Gasteiger partial charge in [-0.2, -0.15) is 0 Å². The maximum Gasteiger partial charge on any atom is 0.189 e. The molecule has 0 saturated carbocycles. The zero-order valence-corrected chi connectivity index (χ0v) is 22.3. The zero-order valence-electron chi connectivity index (χ0n) is 22.3. The number of epoxide rings is 1. The molecule has 2 heterocycles. The first kappa shape index (κ1) is 28.6. The maximum absolute atomic E-state index is 13.6. The number of hydrogen-bond acceptors (Lipinski definition) is 8. The lowest BCUT2D eigenvalue weighted by atomic mass is 9.66. The minimum absolute atomic E-state index is 0.0147. The second kappa shape index (κ2) is 10.8. The van der Waals surface area contributed by atoms with Crippen molar-refractivity contribution in [2.45, 2.75) is 110 Å². The van der Waals surface area contributed by atoms with E-state index in [1.807, 2.05) is 41.5 Å². The van der Waals surface area contributed by atoms with Crippen molar-refractivity contribution in [2.75, 3.05) is 0 Å². The van der Waals surface area contributed by atoms with Crippen LogP contribution in [0.4, 0.5) is 0 Å². The van der Waals surface area contributed by atoms with Gasteiger partial charge in [0.15, 0.2) is 24.0 Å². The Balaban J connectivity index is 1.88. The van der Waals surface area contributed by atoms with E-state index >= 15 is 0 Å². The van der Waals surface area contributed by atoms with Gasteiger partial charge in [0.1, 0.15) is 11.5 Å². The summed E-state index contributed by atoms with van der Waals surface area (Å²) in [4.78, 5) is 25.2. The van der Waals surface area contributed by atoms with E-state index in [0.29, 0.717) is 37.5 Å². The minimum Gasteiger partial charge on any atom is -0.507 e. The molecule has 0 aliphatic carbocycles. The van der Waals surface area contributed by atoms with Crippen molar-refractivity contribution in [2.24, 2.45) is 17.3 Å². The third kappa shape index (κ3) is 4.93. The molecule has 36 heavy (non-hydrogen) atoms. The minimum atomic E-state index is -1.25. The Morgan fingerprint density at radius 3 is 2.36 bits per heavy atom. The van der Waals surface area contributed by atoms with Crippen molar-refractivity contribution in [1.82, 2.24) is 0 Å². The van der Waals surface area contributed by atoms with Crippen LogP contribution in [0.15, 0.2) is 6.07 Å². The number of ketones is 1. The number of aliphatic hydroxyl groups is 2. The van der Waals surface area contributed by atoms with Crippen LogP contribution in [-0.2, 0) is 15.9 Å².